The first-order valence-corrected chi connectivity index (χ1v) is 6.42. The molecule has 0 saturated heterocycles. The van der Waals surface area contributed by atoms with Gasteiger partial charge in [0.2, 0.25) is 0 Å². The summed E-state index contributed by atoms with van der Waals surface area (Å²) in [6, 6.07) is 5.26. The number of nitrogens with zero attached hydrogens (tertiary/aromatic N) is 3. The van der Waals surface area contributed by atoms with Crippen LogP contribution in [0.4, 0.5) is 11.5 Å². The number of non-ortho nitro benzene ring substituents is 1. The van der Waals surface area contributed by atoms with Gasteiger partial charge in [0.1, 0.15) is 18.3 Å². The molecule has 0 aliphatic rings. The molecule has 0 aliphatic heterocycles. The van der Waals surface area contributed by atoms with Crippen molar-refractivity contribution in [3.8, 4) is 0 Å². The number of nitro benzene ring substituents is 1. The topological polar surface area (TPSA) is 177 Å². The average molecular weight is 333 g/mol. The van der Waals surface area contributed by atoms with Crippen LogP contribution in [0.2, 0.25) is 0 Å². The smallest absolute Gasteiger partial charge is 0.337 e. The van der Waals surface area contributed by atoms with Gasteiger partial charge < -0.3 is 21.6 Å². The zero-order valence-corrected chi connectivity index (χ0v) is 12.0. The van der Waals surface area contributed by atoms with E-state index in [0.717, 1.165) is 10.8 Å². The van der Waals surface area contributed by atoms with Crippen molar-refractivity contribution in [2.45, 2.75) is 6.54 Å². The van der Waals surface area contributed by atoms with E-state index in [4.69, 9.17) is 11.5 Å². The highest BCUT2D eigenvalue weighted by Crippen LogP contribution is 2.26. The highest BCUT2D eigenvalue weighted by molar-refractivity contribution is 6.08. The molecular formula is C13H11N5O6. The van der Waals surface area contributed by atoms with Crippen molar-refractivity contribution in [1.82, 2.24) is 4.57 Å². The molecule has 11 heteroatoms. The summed E-state index contributed by atoms with van der Waals surface area (Å²) in [5.74, 6) is -2.86. The van der Waals surface area contributed by atoms with Gasteiger partial charge >= 0.3 is 5.82 Å². The molecule has 2 aromatic rings. The van der Waals surface area contributed by atoms with Crippen molar-refractivity contribution in [3.05, 3.63) is 67.4 Å². The molecule has 2 amide bonds. The van der Waals surface area contributed by atoms with Crippen LogP contribution in [0.25, 0.3) is 0 Å². The number of primary amides is 2. The zero-order valence-electron chi connectivity index (χ0n) is 12.0. The summed E-state index contributed by atoms with van der Waals surface area (Å²) >= 11 is 0. The minimum absolute atomic E-state index is 0.109. The monoisotopic (exact) mass is 333 g/mol. The lowest BCUT2D eigenvalue weighted by Crippen LogP contribution is -2.19. The van der Waals surface area contributed by atoms with Crippen LogP contribution < -0.4 is 11.5 Å². The van der Waals surface area contributed by atoms with Crippen LogP contribution >= 0.6 is 0 Å². The van der Waals surface area contributed by atoms with Gasteiger partial charge in [-0.05, 0) is 22.6 Å². The van der Waals surface area contributed by atoms with Crippen LogP contribution in [0.5, 0.6) is 0 Å². The molecule has 124 valence electrons. The largest absolute Gasteiger partial charge is 0.365 e. The summed E-state index contributed by atoms with van der Waals surface area (Å²) in [4.78, 5) is 43.3. The highest BCUT2D eigenvalue weighted by atomic mass is 16.6. The molecule has 0 radical (unpaired) electrons. The first-order chi connectivity index (χ1) is 11.2. The van der Waals surface area contributed by atoms with E-state index in [1.54, 1.807) is 0 Å². The SMILES string of the molecule is NC(=O)c1cn(Cc2ccc([N+](=O)[O-])cc2)c([N+](=O)[O-])c1C(N)=O. The summed E-state index contributed by atoms with van der Waals surface area (Å²) < 4.78 is 1.03. The van der Waals surface area contributed by atoms with Gasteiger partial charge in [-0.25, -0.2) is 4.57 Å². The predicted octanol–water partition coefficient (Wildman–Crippen LogP) is 0.551. The maximum Gasteiger partial charge on any atom is 0.337 e. The van der Waals surface area contributed by atoms with Crippen molar-refractivity contribution in [1.29, 1.82) is 0 Å². The number of carbonyl (C=O) groups excluding carboxylic acids is 2. The molecule has 0 aliphatic carbocycles. The minimum atomic E-state index is -1.15. The van der Waals surface area contributed by atoms with E-state index in [1.165, 1.54) is 24.3 Å². The van der Waals surface area contributed by atoms with Crippen LogP contribution in [0.3, 0.4) is 0 Å². The molecule has 1 aromatic heterocycles. The Labute approximate surface area is 133 Å². The Morgan fingerprint density at radius 1 is 1.00 bits per heavy atom. The standard InChI is InChI=1S/C13H11N5O6/c14-11(19)9-6-16(13(18(23)24)10(9)12(15)20)5-7-1-3-8(4-2-7)17(21)22/h1-4,6H,5H2,(H2,14,19)(H2,15,20). The lowest BCUT2D eigenvalue weighted by molar-refractivity contribution is -0.392. The van der Waals surface area contributed by atoms with Crippen molar-refractivity contribution >= 4 is 23.3 Å². The fourth-order valence-corrected chi connectivity index (χ4v) is 2.21. The molecular weight excluding hydrogens is 322 g/mol. The lowest BCUT2D eigenvalue weighted by atomic mass is 10.1. The molecule has 0 saturated carbocycles. The molecule has 0 bridgehead atoms. The number of nitro groups is 2. The van der Waals surface area contributed by atoms with Gasteiger partial charge in [-0.15, -0.1) is 0 Å². The molecule has 4 N–H and O–H groups in total. The van der Waals surface area contributed by atoms with Gasteiger partial charge in [-0.2, -0.15) is 0 Å². The Morgan fingerprint density at radius 3 is 2.00 bits per heavy atom. The zero-order chi connectivity index (χ0) is 18.0. The van der Waals surface area contributed by atoms with E-state index in [2.05, 4.69) is 0 Å². The molecule has 0 spiro atoms. The van der Waals surface area contributed by atoms with Crippen LogP contribution in [0.15, 0.2) is 30.5 Å². The quantitative estimate of drug-likeness (QED) is 0.575. The summed E-state index contributed by atoms with van der Waals surface area (Å²) in [6.07, 6.45) is 1.06. The third-order valence-corrected chi connectivity index (χ3v) is 3.23. The fraction of sp³-hybridized carbons (Fsp3) is 0.0769. The van der Waals surface area contributed by atoms with Crippen molar-refractivity contribution in [2.24, 2.45) is 11.5 Å². The number of rotatable bonds is 6. The summed E-state index contributed by atoms with van der Waals surface area (Å²) in [5.41, 5.74) is 9.63. The van der Waals surface area contributed by atoms with Gasteiger partial charge in [0.05, 0.1) is 10.5 Å². The Kier molecular flexibility index (Phi) is 4.26. The first-order valence-electron chi connectivity index (χ1n) is 6.42. The van der Waals surface area contributed by atoms with Crippen LogP contribution in [0, 0.1) is 20.2 Å². The van der Waals surface area contributed by atoms with E-state index in [1.807, 2.05) is 0 Å². The Morgan fingerprint density at radius 2 is 1.58 bits per heavy atom. The third-order valence-electron chi connectivity index (χ3n) is 3.23. The number of hydrogen-bond acceptors (Lipinski definition) is 6. The molecule has 1 heterocycles. The molecule has 1 aromatic carbocycles. The number of benzene rings is 1. The van der Waals surface area contributed by atoms with E-state index >= 15 is 0 Å². The Hall–Kier alpha value is -3.76. The Bertz CT molecular complexity index is 854. The average Bonchev–Trinajstić information content (AvgIpc) is 2.87. The second kappa shape index (κ2) is 6.16. The second-order valence-corrected chi connectivity index (χ2v) is 4.78. The first kappa shape index (κ1) is 16.6. The molecule has 0 unspecified atom stereocenters. The second-order valence-electron chi connectivity index (χ2n) is 4.78. The van der Waals surface area contributed by atoms with Gasteiger partial charge in [0, 0.05) is 12.1 Å². The predicted molar refractivity (Wildman–Crippen MR) is 80.3 cm³/mol. The molecule has 0 atom stereocenters. The van der Waals surface area contributed by atoms with E-state index < -0.39 is 33.0 Å². The number of aromatic nitrogens is 1. The highest BCUT2D eigenvalue weighted by Gasteiger charge is 2.31. The van der Waals surface area contributed by atoms with Crippen molar-refractivity contribution in [2.75, 3.05) is 0 Å². The molecule has 2 rings (SSSR count). The van der Waals surface area contributed by atoms with Crippen LogP contribution in [-0.4, -0.2) is 26.2 Å². The van der Waals surface area contributed by atoms with Crippen molar-refractivity contribution < 1.29 is 19.4 Å². The van der Waals surface area contributed by atoms with Gasteiger partial charge in [-0.3, -0.25) is 19.7 Å². The van der Waals surface area contributed by atoms with Crippen LogP contribution in [-0.2, 0) is 6.54 Å². The number of carbonyl (C=O) groups is 2. The molecule has 0 fully saturated rings. The molecule has 24 heavy (non-hydrogen) atoms. The van der Waals surface area contributed by atoms with E-state index in [0.29, 0.717) is 5.56 Å². The third kappa shape index (κ3) is 3.04. The normalized spacial score (nSPS) is 10.3. The van der Waals surface area contributed by atoms with Crippen LogP contribution in [0.1, 0.15) is 26.3 Å². The lowest BCUT2D eigenvalue weighted by Gasteiger charge is -2.03. The van der Waals surface area contributed by atoms with E-state index in [-0.39, 0.29) is 17.8 Å². The minimum Gasteiger partial charge on any atom is -0.365 e. The van der Waals surface area contributed by atoms with E-state index in [9.17, 15) is 29.8 Å². The Balaban J connectivity index is 2.51. The maximum absolute atomic E-state index is 11.5. The number of nitrogens with two attached hydrogens (primary N) is 2. The number of hydrogen-bond donors (Lipinski definition) is 2. The van der Waals surface area contributed by atoms with Gasteiger partial charge in [0.15, 0.2) is 0 Å². The summed E-state index contributed by atoms with van der Waals surface area (Å²) in [7, 11) is 0. The fourth-order valence-electron chi connectivity index (χ4n) is 2.21. The molecule has 11 nitrogen and oxygen atoms in total. The van der Waals surface area contributed by atoms with Gasteiger partial charge in [-0.1, -0.05) is 0 Å². The van der Waals surface area contributed by atoms with Gasteiger partial charge in [0.25, 0.3) is 17.5 Å². The summed E-state index contributed by atoms with van der Waals surface area (Å²) in [6.45, 7) is -0.109. The van der Waals surface area contributed by atoms with Crippen molar-refractivity contribution in [3.63, 3.8) is 0 Å². The number of amides is 2. The summed E-state index contributed by atoms with van der Waals surface area (Å²) in [5, 5.41) is 21.9. The maximum atomic E-state index is 11.5.